The van der Waals surface area contributed by atoms with Gasteiger partial charge in [0.05, 0.1) is 4.47 Å². The van der Waals surface area contributed by atoms with Gasteiger partial charge in [-0.1, -0.05) is 6.07 Å². The molecule has 0 aromatic heterocycles. The molecule has 0 aliphatic rings. The van der Waals surface area contributed by atoms with Gasteiger partial charge in [0.1, 0.15) is 11.4 Å². The van der Waals surface area contributed by atoms with Gasteiger partial charge in [-0.25, -0.2) is 4.79 Å². The summed E-state index contributed by atoms with van der Waals surface area (Å²) in [4.78, 5) is 11.6. The lowest BCUT2D eigenvalue weighted by Gasteiger charge is -2.21. The third-order valence-electron chi connectivity index (χ3n) is 2.62. The van der Waals surface area contributed by atoms with Gasteiger partial charge in [0.15, 0.2) is 0 Å². The van der Waals surface area contributed by atoms with Crippen molar-refractivity contribution in [3.63, 3.8) is 0 Å². The van der Waals surface area contributed by atoms with Crippen LogP contribution in [0.3, 0.4) is 0 Å². The minimum Gasteiger partial charge on any atom is -0.507 e. The molecule has 1 aromatic carbocycles. The van der Waals surface area contributed by atoms with Crippen LogP contribution in [0.15, 0.2) is 22.7 Å². The van der Waals surface area contributed by atoms with Crippen molar-refractivity contribution in [1.29, 1.82) is 0 Å². The van der Waals surface area contributed by atoms with Crippen LogP contribution in [0.2, 0.25) is 0 Å². The Bertz CT molecular complexity index is 472. The van der Waals surface area contributed by atoms with Crippen molar-refractivity contribution in [2.24, 2.45) is 5.73 Å². The Labute approximate surface area is 127 Å². The number of phenolic OH excluding ortho intramolecular Hbond substituents is 1. The van der Waals surface area contributed by atoms with Gasteiger partial charge in [0.2, 0.25) is 0 Å². The van der Waals surface area contributed by atoms with Crippen LogP contribution in [0.25, 0.3) is 0 Å². The van der Waals surface area contributed by atoms with Gasteiger partial charge >= 0.3 is 6.09 Å². The lowest BCUT2D eigenvalue weighted by atomic mass is 9.99. The number of benzene rings is 1. The minimum atomic E-state index is -0.524. The topological polar surface area (TPSA) is 84.6 Å². The molecule has 5 nitrogen and oxygen atoms in total. The lowest BCUT2D eigenvalue weighted by Crippen LogP contribution is -2.36. The van der Waals surface area contributed by atoms with E-state index in [9.17, 15) is 9.90 Å². The second kappa shape index (κ2) is 6.95. The number of aromatic hydroxyl groups is 1. The molecule has 1 amide bonds. The summed E-state index contributed by atoms with van der Waals surface area (Å²) in [5.41, 5.74) is 6.15. The highest BCUT2D eigenvalue weighted by Gasteiger charge is 2.18. The van der Waals surface area contributed by atoms with Crippen molar-refractivity contribution >= 4 is 22.0 Å². The number of rotatable bonds is 4. The molecule has 112 valence electrons. The number of ether oxygens (including phenoxy) is 1. The van der Waals surface area contributed by atoms with E-state index in [1.54, 1.807) is 18.2 Å². The van der Waals surface area contributed by atoms with E-state index in [4.69, 9.17) is 10.5 Å². The van der Waals surface area contributed by atoms with Gasteiger partial charge in [-0.15, -0.1) is 0 Å². The Balaban J connectivity index is 2.63. The van der Waals surface area contributed by atoms with E-state index in [-0.39, 0.29) is 11.7 Å². The van der Waals surface area contributed by atoms with Gasteiger partial charge in [-0.05, 0) is 54.4 Å². The van der Waals surface area contributed by atoms with Crippen LogP contribution >= 0.6 is 15.9 Å². The van der Waals surface area contributed by atoms with Crippen LogP contribution in [0, 0.1) is 0 Å². The summed E-state index contributed by atoms with van der Waals surface area (Å²) in [6.07, 6.45) is -0.464. The fourth-order valence-corrected chi connectivity index (χ4v) is 2.03. The molecule has 0 saturated heterocycles. The predicted octanol–water partition coefficient (Wildman–Crippen LogP) is 2.72. The SMILES string of the molecule is CC(C)(C)OC(=O)NCC(CN)c1ccc(O)c(Br)c1. The summed E-state index contributed by atoms with van der Waals surface area (Å²) in [5.74, 6) is 0.129. The van der Waals surface area contributed by atoms with Gasteiger partial charge in [0.25, 0.3) is 0 Å². The number of phenols is 1. The second-order valence-corrected chi connectivity index (χ2v) is 6.38. The molecule has 4 N–H and O–H groups in total. The van der Waals surface area contributed by atoms with E-state index in [1.807, 2.05) is 20.8 Å². The second-order valence-electron chi connectivity index (χ2n) is 5.53. The Morgan fingerprint density at radius 2 is 2.15 bits per heavy atom. The van der Waals surface area contributed by atoms with Crippen molar-refractivity contribution in [3.05, 3.63) is 28.2 Å². The summed E-state index contributed by atoms with van der Waals surface area (Å²) in [6, 6.07) is 5.17. The first kappa shape index (κ1) is 16.8. The number of hydrogen-bond acceptors (Lipinski definition) is 4. The smallest absolute Gasteiger partial charge is 0.407 e. The fourth-order valence-electron chi connectivity index (χ4n) is 1.64. The maximum atomic E-state index is 11.6. The molecule has 1 rings (SSSR count). The normalized spacial score (nSPS) is 12.8. The quantitative estimate of drug-likeness (QED) is 0.783. The number of amides is 1. The first-order valence-corrected chi connectivity index (χ1v) is 7.17. The summed E-state index contributed by atoms with van der Waals surface area (Å²) in [5, 5.41) is 12.2. The van der Waals surface area contributed by atoms with Gasteiger partial charge in [-0.2, -0.15) is 0 Å². The maximum Gasteiger partial charge on any atom is 0.407 e. The van der Waals surface area contributed by atoms with Crippen molar-refractivity contribution in [3.8, 4) is 5.75 Å². The summed E-state index contributed by atoms with van der Waals surface area (Å²) in [7, 11) is 0. The molecule has 0 fully saturated rings. The standard InChI is InChI=1S/C14H21BrN2O3/c1-14(2,3)20-13(19)17-8-10(7-16)9-4-5-12(18)11(15)6-9/h4-6,10,18H,7-8,16H2,1-3H3,(H,17,19). The molecular weight excluding hydrogens is 324 g/mol. The van der Waals surface area contributed by atoms with Crippen LogP contribution in [0.4, 0.5) is 4.79 Å². The highest BCUT2D eigenvalue weighted by Crippen LogP contribution is 2.27. The average molecular weight is 345 g/mol. The molecule has 6 heteroatoms. The zero-order valence-electron chi connectivity index (χ0n) is 11.9. The highest BCUT2D eigenvalue weighted by atomic mass is 79.9. The average Bonchev–Trinajstić information content (AvgIpc) is 2.32. The summed E-state index contributed by atoms with van der Waals surface area (Å²) < 4.78 is 5.77. The number of halogens is 1. The zero-order valence-corrected chi connectivity index (χ0v) is 13.5. The maximum absolute atomic E-state index is 11.6. The fraction of sp³-hybridized carbons (Fsp3) is 0.500. The number of carbonyl (C=O) groups excluding carboxylic acids is 1. The van der Waals surface area contributed by atoms with Crippen molar-refractivity contribution in [2.45, 2.75) is 32.3 Å². The Hall–Kier alpha value is -1.27. The lowest BCUT2D eigenvalue weighted by molar-refractivity contribution is 0.0525. The number of hydrogen-bond donors (Lipinski definition) is 3. The first-order chi connectivity index (χ1) is 9.23. The highest BCUT2D eigenvalue weighted by molar-refractivity contribution is 9.10. The van der Waals surface area contributed by atoms with Gasteiger partial charge in [-0.3, -0.25) is 0 Å². The molecule has 0 bridgehead atoms. The number of nitrogens with one attached hydrogen (secondary N) is 1. The van der Waals surface area contributed by atoms with E-state index < -0.39 is 11.7 Å². The molecule has 0 heterocycles. The van der Waals surface area contributed by atoms with E-state index in [2.05, 4.69) is 21.2 Å². The molecule has 0 aliphatic heterocycles. The van der Waals surface area contributed by atoms with E-state index >= 15 is 0 Å². The van der Waals surface area contributed by atoms with E-state index in [0.717, 1.165) is 5.56 Å². The molecule has 0 aliphatic carbocycles. The predicted molar refractivity (Wildman–Crippen MR) is 81.8 cm³/mol. The van der Waals surface area contributed by atoms with Crippen LogP contribution < -0.4 is 11.1 Å². The zero-order chi connectivity index (χ0) is 15.3. The van der Waals surface area contributed by atoms with E-state index in [0.29, 0.717) is 17.6 Å². The largest absolute Gasteiger partial charge is 0.507 e. The van der Waals surface area contributed by atoms with E-state index in [1.165, 1.54) is 0 Å². The van der Waals surface area contributed by atoms with Crippen LogP contribution in [-0.4, -0.2) is 29.9 Å². The number of carbonyl (C=O) groups is 1. The third-order valence-corrected chi connectivity index (χ3v) is 3.25. The molecule has 20 heavy (non-hydrogen) atoms. The minimum absolute atomic E-state index is 0.0422. The van der Waals surface area contributed by atoms with Gasteiger partial charge in [0, 0.05) is 19.0 Å². The van der Waals surface area contributed by atoms with Crippen LogP contribution in [0.1, 0.15) is 32.3 Å². The number of alkyl carbamates (subject to hydrolysis) is 1. The molecule has 0 saturated carbocycles. The molecule has 0 spiro atoms. The van der Waals surface area contributed by atoms with Crippen molar-refractivity contribution in [1.82, 2.24) is 5.32 Å². The van der Waals surface area contributed by atoms with Crippen LogP contribution in [-0.2, 0) is 4.74 Å². The van der Waals surface area contributed by atoms with Crippen LogP contribution in [0.5, 0.6) is 5.75 Å². The molecule has 1 unspecified atom stereocenters. The Morgan fingerprint density at radius 3 is 2.65 bits per heavy atom. The molecule has 1 aromatic rings. The molecule has 0 radical (unpaired) electrons. The molecule has 1 atom stereocenters. The monoisotopic (exact) mass is 344 g/mol. The first-order valence-electron chi connectivity index (χ1n) is 6.38. The summed E-state index contributed by atoms with van der Waals surface area (Å²) in [6.45, 7) is 6.19. The summed E-state index contributed by atoms with van der Waals surface area (Å²) >= 11 is 3.26. The Morgan fingerprint density at radius 1 is 1.50 bits per heavy atom. The molecular formula is C14H21BrN2O3. The van der Waals surface area contributed by atoms with Crippen molar-refractivity contribution < 1.29 is 14.6 Å². The number of nitrogens with two attached hydrogens (primary N) is 1. The van der Waals surface area contributed by atoms with Crippen molar-refractivity contribution in [2.75, 3.05) is 13.1 Å². The Kier molecular flexibility index (Phi) is 5.83. The third kappa shape index (κ3) is 5.38. The van der Waals surface area contributed by atoms with Gasteiger partial charge < -0.3 is 20.9 Å².